The van der Waals surface area contributed by atoms with Crippen LogP contribution in [0, 0.1) is 0 Å². The van der Waals surface area contributed by atoms with E-state index >= 15 is 0 Å². The molecule has 0 atom stereocenters. The summed E-state index contributed by atoms with van der Waals surface area (Å²) in [5.41, 5.74) is 9.93. The van der Waals surface area contributed by atoms with E-state index < -0.39 is 0 Å². The average molecular weight is 270 g/mol. The molecule has 20 heavy (non-hydrogen) atoms. The molecule has 0 aliphatic heterocycles. The van der Waals surface area contributed by atoms with Crippen molar-refractivity contribution in [1.29, 1.82) is 0 Å². The van der Waals surface area contributed by atoms with Crippen LogP contribution in [-0.4, -0.2) is 6.10 Å². The van der Waals surface area contributed by atoms with Crippen molar-refractivity contribution < 1.29 is 4.74 Å². The second-order valence-electron chi connectivity index (χ2n) is 5.09. The van der Waals surface area contributed by atoms with Gasteiger partial charge in [-0.15, -0.1) is 0 Å². The second kappa shape index (κ2) is 6.33. The maximum atomic E-state index is 5.92. The number of aryl methyl sites for hydroxylation is 1. The molecule has 0 saturated heterocycles. The lowest BCUT2D eigenvalue weighted by atomic mass is 10.1. The molecule has 0 spiro atoms. The van der Waals surface area contributed by atoms with E-state index in [1.54, 1.807) is 0 Å². The van der Waals surface area contributed by atoms with Crippen LogP contribution in [0.5, 0.6) is 5.75 Å². The maximum Gasteiger partial charge on any atom is 0.144 e. The van der Waals surface area contributed by atoms with Gasteiger partial charge in [-0.2, -0.15) is 0 Å². The Kier molecular flexibility index (Phi) is 4.51. The van der Waals surface area contributed by atoms with Gasteiger partial charge < -0.3 is 15.8 Å². The monoisotopic (exact) mass is 270 g/mol. The molecular formula is C17H22N2O. The Morgan fingerprint density at radius 3 is 2.30 bits per heavy atom. The normalized spacial score (nSPS) is 10.6. The Morgan fingerprint density at radius 1 is 1.05 bits per heavy atom. The first-order chi connectivity index (χ1) is 9.58. The Hall–Kier alpha value is -2.16. The highest BCUT2D eigenvalue weighted by Crippen LogP contribution is 2.28. The zero-order chi connectivity index (χ0) is 14.5. The maximum absolute atomic E-state index is 5.92. The number of anilines is 3. The molecule has 0 saturated carbocycles. The van der Waals surface area contributed by atoms with Crippen LogP contribution >= 0.6 is 0 Å². The summed E-state index contributed by atoms with van der Waals surface area (Å²) in [5, 5.41) is 3.36. The molecule has 0 bridgehead atoms. The molecule has 2 rings (SSSR count). The summed E-state index contributed by atoms with van der Waals surface area (Å²) in [4.78, 5) is 0. The van der Waals surface area contributed by atoms with E-state index in [2.05, 4.69) is 36.5 Å². The quantitative estimate of drug-likeness (QED) is 0.793. The summed E-state index contributed by atoms with van der Waals surface area (Å²) in [5.74, 6) is 0.718. The number of nitrogens with two attached hydrogens (primary N) is 1. The number of ether oxygens (including phenoxy) is 1. The molecule has 3 nitrogen and oxygen atoms in total. The molecule has 0 heterocycles. The summed E-state index contributed by atoms with van der Waals surface area (Å²) >= 11 is 0. The van der Waals surface area contributed by atoms with Gasteiger partial charge >= 0.3 is 0 Å². The number of hydrogen-bond donors (Lipinski definition) is 2. The van der Waals surface area contributed by atoms with Gasteiger partial charge in [-0.1, -0.05) is 19.1 Å². The number of rotatable bonds is 5. The molecule has 3 heteroatoms. The van der Waals surface area contributed by atoms with Crippen molar-refractivity contribution >= 4 is 17.1 Å². The Bertz CT molecular complexity index is 562. The van der Waals surface area contributed by atoms with E-state index in [4.69, 9.17) is 10.5 Å². The van der Waals surface area contributed by atoms with Gasteiger partial charge in [0.25, 0.3) is 0 Å². The van der Waals surface area contributed by atoms with Crippen LogP contribution in [0.3, 0.4) is 0 Å². The minimum Gasteiger partial charge on any atom is -0.489 e. The minimum absolute atomic E-state index is 0.108. The number of nitrogens with one attached hydrogen (secondary N) is 1. The van der Waals surface area contributed by atoms with Crippen molar-refractivity contribution in [2.75, 3.05) is 11.1 Å². The van der Waals surface area contributed by atoms with Gasteiger partial charge in [0.15, 0.2) is 0 Å². The van der Waals surface area contributed by atoms with Crippen LogP contribution in [0.4, 0.5) is 17.1 Å². The summed E-state index contributed by atoms with van der Waals surface area (Å²) in [6, 6.07) is 14.2. The standard InChI is InChI=1S/C17H22N2O/c1-4-13-5-7-14(8-6-13)19-15-9-10-16(18)17(11-15)20-12(2)3/h5-12,19H,4,18H2,1-3H3. The third-order valence-electron chi connectivity index (χ3n) is 3.03. The third kappa shape index (κ3) is 3.67. The predicted molar refractivity (Wildman–Crippen MR) is 85.7 cm³/mol. The fourth-order valence-electron chi connectivity index (χ4n) is 1.96. The zero-order valence-electron chi connectivity index (χ0n) is 12.3. The van der Waals surface area contributed by atoms with Crippen LogP contribution in [0.1, 0.15) is 26.3 Å². The van der Waals surface area contributed by atoms with Gasteiger partial charge in [-0.05, 0) is 50.1 Å². The molecule has 0 aliphatic carbocycles. The van der Waals surface area contributed by atoms with Crippen molar-refractivity contribution in [3.63, 3.8) is 0 Å². The highest BCUT2D eigenvalue weighted by Gasteiger charge is 2.05. The smallest absolute Gasteiger partial charge is 0.144 e. The van der Waals surface area contributed by atoms with Gasteiger partial charge in [-0.3, -0.25) is 0 Å². The van der Waals surface area contributed by atoms with Crippen LogP contribution in [0.25, 0.3) is 0 Å². The molecule has 3 N–H and O–H groups in total. The fraction of sp³-hybridized carbons (Fsp3) is 0.294. The molecule has 0 aromatic heterocycles. The van der Waals surface area contributed by atoms with E-state index in [9.17, 15) is 0 Å². The first-order valence-electron chi connectivity index (χ1n) is 7.00. The van der Waals surface area contributed by atoms with E-state index in [1.807, 2.05) is 32.0 Å². The molecule has 0 amide bonds. The first-order valence-corrected chi connectivity index (χ1v) is 7.00. The molecular weight excluding hydrogens is 248 g/mol. The first kappa shape index (κ1) is 14.3. The highest BCUT2D eigenvalue weighted by atomic mass is 16.5. The number of nitrogen functional groups attached to an aromatic ring is 1. The third-order valence-corrected chi connectivity index (χ3v) is 3.03. The van der Waals surface area contributed by atoms with E-state index in [1.165, 1.54) is 5.56 Å². The van der Waals surface area contributed by atoms with Gasteiger partial charge in [0.1, 0.15) is 5.75 Å². The zero-order valence-corrected chi connectivity index (χ0v) is 12.3. The average Bonchev–Trinajstić information content (AvgIpc) is 2.43. The van der Waals surface area contributed by atoms with Gasteiger partial charge in [-0.25, -0.2) is 0 Å². The van der Waals surface area contributed by atoms with E-state index in [-0.39, 0.29) is 6.10 Å². The largest absolute Gasteiger partial charge is 0.489 e. The minimum atomic E-state index is 0.108. The fourth-order valence-corrected chi connectivity index (χ4v) is 1.96. The summed E-state index contributed by atoms with van der Waals surface area (Å²) in [6.07, 6.45) is 1.16. The second-order valence-corrected chi connectivity index (χ2v) is 5.09. The van der Waals surface area contributed by atoms with Crippen molar-refractivity contribution in [3.05, 3.63) is 48.0 Å². The molecule has 0 radical (unpaired) electrons. The molecule has 0 unspecified atom stereocenters. The Morgan fingerprint density at radius 2 is 1.70 bits per heavy atom. The Labute approximate surface area is 120 Å². The number of hydrogen-bond acceptors (Lipinski definition) is 3. The molecule has 106 valence electrons. The number of benzene rings is 2. The van der Waals surface area contributed by atoms with E-state index in [0.29, 0.717) is 5.69 Å². The van der Waals surface area contributed by atoms with Crippen molar-refractivity contribution in [2.45, 2.75) is 33.3 Å². The summed E-state index contributed by atoms with van der Waals surface area (Å²) in [6.45, 7) is 6.13. The lowest BCUT2D eigenvalue weighted by Crippen LogP contribution is -2.07. The lowest BCUT2D eigenvalue weighted by Gasteiger charge is -2.14. The highest BCUT2D eigenvalue weighted by molar-refractivity contribution is 5.66. The van der Waals surface area contributed by atoms with Gasteiger partial charge in [0, 0.05) is 17.4 Å². The van der Waals surface area contributed by atoms with Crippen LogP contribution in [0.15, 0.2) is 42.5 Å². The van der Waals surface area contributed by atoms with Crippen LogP contribution in [0.2, 0.25) is 0 Å². The summed E-state index contributed by atoms with van der Waals surface area (Å²) in [7, 11) is 0. The van der Waals surface area contributed by atoms with Crippen molar-refractivity contribution in [2.24, 2.45) is 0 Å². The predicted octanol–water partition coefficient (Wildman–Crippen LogP) is 4.36. The van der Waals surface area contributed by atoms with Crippen molar-refractivity contribution in [1.82, 2.24) is 0 Å². The van der Waals surface area contributed by atoms with Crippen LogP contribution in [-0.2, 0) is 6.42 Å². The Balaban J connectivity index is 2.16. The van der Waals surface area contributed by atoms with Gasteiger partial charge in [0.2, 0.25) is 0 Å². The lowest BCUT2D eigenvalue weighted by molar-refractivity contribution is 0.244. The summed E-state index contributed by atoms with van der Waals surface area (Å²) < 4.78 is 5.69. The van der Waals surface area contributed by atoms with E-state index in [0.717, 1.165) is 23.5 Å². The molecule has 2 aromatic rings. The molecule has 2 aromatic carbocycles. The molecule has 0 fully saturated rings. The van der Waals surface area contributed by atoms with Crippen molar-refractivity contribution in [3.8, 4) is 5.75 Å². The molecule has 0 aliphatic rings. The van der Waals surface area contributed by atoms with Gasteiger partial charge in [0.05, 0.1) is 11.8 Å². The van der Waals surface area contributed by atoms with Crippen LogP contribution < -0.4 is 15.8 Å². The SMILES string of the molecule is CCc1ccc(Nc2ccc(N)c(OC(C)C)c2)cc1. The topological polar surface area (TPSA) is 47.3 Å².